The zero-order chi connectivity index (χ0) is 32.2. The second kappa shape index (κ2) is 22.0. The second-order valence-electron chi connectivity index (χ2n) is 11.7. The van der Waals surface area contributed by atoms with E-state index in [1.165, 1.54) is 50.0 Å². The van der Waals surface area contributed by atoms with Gasteiger partial charge in [-0.1, -0.05) is 116 Å². The summed E-state index contributed by atoms with van der Waals surface area (Å²) in [6.45, 7) is 6.15. The average Bonchev–Trinajstić information content (AvgIpc) is 3.01. The Hall–Kier alpha value is -1.69. The number of para-hydroxylation sites is 1. The Morgan fingerprint density at radius 1 is 0.844 bits per heavy atom. The molecule has 1 heterocycles. The third-order valence-corrected chi connectivity index (χ3v) is 11.2. The molecule has 0 aliphatic carbocycles. The maximum atomic E-state index is 13.3. The van der Waals surface area contributed by atoms with E-state index in [1.54, 1.807) is 4.90 Å². The molecule has 0 saturated heterocycles. The number of ether oxygens (including phenoxy) is 1. The van der Waals surface area contributed by atoms with E-state index in [0.29, 0.717) is 13.2 Å². The molecule has 1 unspecified atom stereocenters. The summed E-state index contributed by atoms with van der Waals surface area (Å²) in [5, 5.41) is 0. The molecular weight excluding hydrogens is 622 g/mol. The van der Waals surface area contributed by atoms with Gasteiger partial charge >= 0.3 is 0 Å². The molecule has 1 atom stereocenters. The Labute approximate surface area is 280 Å². The molecule has 6 nitrogen and oxygen atoms in total. The first-order valence-corrected chi connectivity index (χ1v) is 20.7. The highest BCUT2D eigenvalue weighted by atomic mass is 33.1. The van der Waals surface area contributed by atoms with Crippen molar-refractivity contribution in [3.8, 4) is 11.8 Å². The van der Waals surface area contributed by atoms with E-state index < -0.39 is 7.57 Å². The number of hydrogen-bond acceptors (Lipinski definition) is 7. The minimum Gasteiger partial charge on any atom is -0.379 e. The molecule has 45 heavy (non-hydrogen) atoms. The summed E-state index contributed by atoms with van der Waals surface area (Å²) in [5.74, 6) is 9.70. The smallest absolute Gasteiger partial charge is 0.248 e. The molecule has 0 radical (unpaired) electrons. The van der Waals surface area contributed by atoms with Crippen molar-refractivity contribution in [1.82, 2.24) is 0 Å². The average molecular weight is 674 g/mol. The van der Waals surface area contributed by atoms with Crippen LogP contribution in [0.3, 0.4) is 0 Å². The zero-order valence-electron chi connectivity index (χ0n) is 27.2. The van der Waals surface area contributed by atoms with Gasteiger partial charge in [0.15, 0.2) is 0 Å². The highest BCUT2D eigenvalue weighted by Crippen LogP contribution is 2.42. The van der Waals surface area contributed by atoms with Crippen LogP contribution in [0.15, 0.2) is 48.5 Å². The SMILES string of the molecule is C=P(O)(OCCCCCCSSCCCCCCC(C)C)OCCOCCC(=O)N1Cc2ccccc2C#Cc2ccccc21. The van der Waals surface area contributed by atoms with Crippen LogP contribution < -0.4 is 4.90 Å². The van der Waals surface area contributed by atoms with Crippen molar-refractivity contribution in [3.63, 3.8) is 0 Å². The van der Waals surface area contributed by atoms with E-state index in [-0.39, 0.29) is 32.1 Å². The Bertz CT molecular complexity index is 1260. The van der Waals surface area contributed by atoms with Crippen LogP contribution in [-0.4, -0.2) is 55.0 Å². The molecule has 0 fully saturated rings. The molecule has 0 bridgehead atoms. The van der Waals surface area contributed by atoms with Gasteiger partial charge in [0.25, 0.3) is 0 Å². The number of carbonyl (C=O) groups is 1. The summed E-state index contributed by atoms with van der Waals surface area (Å²) in [5.41, 5.74) is 3.59. The number of carbonyl (C=O) groups excluding carboxylic acids is 1. The molecule has 1 N–H and O–H groups in total. The van der Waals surface area contributed by atoms with Crippen LogP contribution in [0.1, 0.15) is 94.7 Å². The van der Waals surface area contributed by atoms with Gasteiger partial charge in [-0.05, 0) is 55.2 Å². The fourth-order valence-corrected chi connectivity index (χ4v) is 8.03. The Morgan fingerprint density at radius 2 is 1.47 bits per heavy atom. The topological polar surface area (TPSA) is 68.2 Å². The predicted octanol–water partition coefficient (Wildman–Crippen LogP) is 9.11. The Kier molecular flexibility index (Phi) is 18.4. The van der Waals surface area contributed by atoms with E-state index in [2.05, 4.69) is 32.0 Å². The second-order valence-corrected chi connectivity index (χ2v) is 16.2. The molecular formula is C36H52NO5PS2. The van der Waals surface area contributed by atoms with Crippen LogP contribution in [0, 0.1) is 17.8 Å². The van der Waals surface area contributed by atoms with Gasteiger partial charge in [-0.15, -0.1) is 0 Å². The number of hydrogen-bond donors (Lipinski definition) is 1. The lowest BCUT2D eigenvalue weighted by atomic mass is 10.0. The molecule has 0 saturated carbocycles. The van der Waals surface area contributed by atoms with Crippen molar-refractivity contribution < 1.29 is 23.5 Å². The van der Waals surface area contributed by atoms with Crippen LogP contribution in [0.2, 0.25) is 0 Å². The molecule has 2 aromatic rings. The molecule has 1 aliphatic heterocycles. The minimum atomic E-state index is -3.12. The number of anilines is 1. The summed E-state index contributed by atoms with van der Waals surface area (Å²) >= 11 is 0. The van der Waals surface area contributed by atoms with Crippen molar-refractivity contribution in [1.29, 1.82) is 0 Å². The number of amides is 1. The summed E-state index contributed by atoms with van der Waals surface area (Å²) in [6, 6.07) is 15.6. The van der Waals surface area contributed by atoms with Crippen molar-refractivity contribution in [3.05, 3.63) is 65.2 Å². The van der Waals surface area contributed by atoms with Crippen molar-refractivity contribution in [2.45, 2.75) is 84.6 Å². The largest absolute Gasteiger partial charge is 0.379 e. The van der Waals surface area contributed by atoms with Crippen LogP contribution in [0.25, 0.3) is 0 Å². The maximum Gasteiger partial charge on any atom is 0.248 e. The van der Waals surface area contributed by atoms with Gasteiger partial charge in [-0.25, -0.2) is 0 Å². The predicted molar refractivity (Wildman–Crippen MR) is 195 cm³/mol. The standard InChI is InChI=1S/C36H52NO5PS2/c1-31(2)16-8-4-6-14-28-44-45-29-15-7-5-13-24-41-43(3,39)42-27-26-40-25-23-36(38)37-30-34-19-10-9-17-32(34)21-22-33-18-11-12-20-35(33)37/h9-12,17-20,31,39H,3-8,13-16,23-30H2,1-2H3. The normalized spacial score (nSPS) is 13.7. The van der Waals surface area contributed by atoms with Gasteiger partial charge in [0.1, 0.15) is 0 Å². The number of fused-ring (bicyclic) bond motifs is 2. The third-order valence-electron chi connectivity index (χ3n) is 7.41. The van der Waals surface area contributed by atoms with Crippen molar-refractivity contribution >= 4 is 47.0 Å². The highest BCUT2D eigenvalue weighted by Gasteiger charge is 2.21. The molecule has 0 aromatic heterocycles. The lowest BCUT2D eigenvalue weighted by molar-refractivity contribution is -0.119. The quantitative estimate of drug-likeness (QED) is 0.0546. The molecule has 9 heteroatoms. The lowest BCUT2D eigenvalue weighted by Crippen LogP contribution is -2.32. The van der Waals surface area contributed by atoms with Gasteiger partial charge in [0, 0.05) is 22.6 Å². The van der Waals surface area contributed by atoms with Crippen LogP contribution >= 0.6 is 29.2 Å². The molecule has 2 aromatic carbocycles. The first-order chi connectivity index (χ1) is 21.9. The first kappa shape index (κ1) is 37.8. The number of rotatable bonds is 23. The zero-order valence-corrected chi connectivity index (χ0v) is 29.7. The van der Waals surface area contributed by atoms with E-state index in [0.717, 1.165) is 47.6 Å². The van der Waals surface area contributed by atoms with E-state index in [1.807, 2.05) is 70.1 Å². The maximum absolute atomic E-state index is 13.3. The van der Waals surface area contributed by atoms with Gasteiger partial charge in [0.05, 0.1) is 45.1 Å². The number of benzene rings is 2. The summed E-state index contributed by atoms with van der Waals surface area (Å²) in [7, 11) is 0.881. The van der Waals surface area contributed by atoms with E-state index in [4.69, 9.17) is 13.8 Å². The van der Waals surface area contributed by atoms with Crippen LogP contribution in [0.5, 0.6) is 0 Å². The molecule has 1 amide bonds. The van der Waals surface area contributed by atoms with Gasteiger partial charge in [-0.2, -0.15) is 0 Å². The molecule has 3 rings (SSSR count). The highest BCUT2D eigenvalue weighted by molar-refractivity contribution is 8.76. The Balaban J connectivity index is 1.20. The monoisotopic (exact) mass is 673 g/mol. The third kappa shape index (κ3) is 15.6. The fraction of sp³-hybridized carbons (Fsp3) is 0.556. The Morgan fingerprint density at radius 3 is 2.22 bits per heavy atom. The minimum absolute atomic E-state index is 0.0355. The molecule has 248 valence electrons. The van der Waals surface area contributed by atoms with Crippen molar-refractivity contribution in [2.75, 3.05) is 42.8 Å². The summed E-state index contributed by atoms with van der Waals surface area (Å²) in [4.78, 5) is 25.4. The van der Waals surface area contributed by atoms with Crippen LogP contribution in [0.4, 0.5) is 5.69 Å². The first-order valence-electron chi connectivity index (χ1n) is 16.4. The summed E-state index contributed by atoms with van der Waals surface area (Å²) < 4.78 is 16.7. The van der Waals surface area contributed by atoms with Gasteiger partial charge in [-0.3, -0.25) is 4.79 Å². The van der Waals surface area contributed by atoms with Crippen LogP contribution in [-0.2, 0) is 25.1 Å². The van der Waals surface area contributed by atoms with Crippen molar-refractivity contribution in [2.24, 2.45) is 5.92 Å². The van der Waals surface area contributed by atoms with E-state index in [9.17, 15) is 9.69 Å². The summed E-state index contributed by atoms with van der Waals surface area (Å²) in [6.07, 6.45) is 15.1. The number of unbranched alkanes of at least 4 members (excludes halogenated alkanes) is 6. The molecule has 1 aliphatic rings. The lowest BCUT2D eigenvalue weighted by Gasteiger charge is -2.26. The van der Waals surface area contributed by atoms with Gasteiger partial charge < -0.3 is 23.6 Å². The number of nitrogens with zero attached hydrogens (tertiary/aromatic N) is 1. The van der Waals surface area contributed by atoms with Gasteiger partial charge in [0.2, 0.25) is 13.5 Å². The molecule has 0 spiro atoms. The fourth-order valence-electron chi connectivity index (χ4n) is 4.89. The van der Waals surface area contributed by atoms with E-state index >= 15 is 0 Å².